The zero-order valence-electron chi connectivity index (χ0n) is 15.3. The normalized spacial score (nSPS) is 18.0. The van der Waals surface area contributed by atoms with Crippen LogP contribution in [0, 0.1) is 0 Å². The van der Waals surface area contributed by atoms with Crippen LogP contribution in [0.25, 0.3) is 0 Å². The number of para-hydroxylation sites is 1. The van der Waals surface area contributed by atoms with Gasteiger partial charge in [-0.15, -0.1) is 0 Å². The van der Waals surface area contributed by atoms with E-state index in [-0.39, 0.29) is 23.3 Å². The third-order valence-corrected chi connectivity index (χ3v) is 6.68. The number of carbonyl (C=O) groups excluding carboxylic acids is 1. The molecule has 1 atom stereocenters. The highest BCUT2D eigenvalue weighted by Gasteiger charge is 2.34. The van der Waals surface area contributed by atoms with Gasteiger partial charge in [-0.05, 0) is 49.2 Å². The summed E-state index contributed by atoms with van der Waals surface area (Å²) in [7, 11) is -2.12. The van der Waals surface area contributed by atoms with Crippen molar-refractivity contribution in [1.29, 1.82) is 0 Å². The van der Waals surface area contributed by atoms with Crippen LogP contribution >= 0.6 is 0 Å². The van der Waals surface area contributed by atoms with Gasteiger partial charge < -0.3 is 10.1 Å². The third-order valence-electron chi connectivity index (χ3n) is 4.72. The van der Waals surface area contributed by atoms with Crippen LogP contribution in [0.1, 0.15) is 25.7 Å². The van der Waals surface area contributed by atoms with Gasteiger partial charge in [0, 0.05) is 24.7 Å². The van der Waals surface area contributed by atoms with Crippen LogP contribution in [-0.4, -0.2) is 38.3 Å². The van der Waals surface area contributed by atoms with E-state index in [2.05, 4.69) is 5.32 Å². The van der Waals surface area contributed by atoms with E-state index >= 15 is 0 Å². The Kier molecular flexibility index (Phi) is 6.13. The second kappa shape index (κ2) is 8.54. The molecule has 6 nitrogen and oxygen atoms in total. The van der Waals surface area contributed by atoms with Crippen molar-refractivity contribution in [3.05, 3.63) is 54.6 Å². The third kappa shape index (κ3) is 4.67. The average Bonchev–Trinajstić information content (AvgIpc) is 2.69. The minimum absolute atomic E-state index is 0.143. The fourth-order valence-electron chi connectivity index (χ4n) is 3.33. The summed E-state index contributed by atoms with van der Waals surface area (Å²) in [5.74, 6) is 0.425. The first kappa shape index (κ1) is 19.4. The first-order chi connectivity index (χ1) is 13.0. The Hall–Kier alpha value is -2.38. The molecule has 7 heteroatoms. The van der Waals surface area contributed by atoms with E-state index in [1.54, 1.807) is 24.3 Å². The number of nitrogens with one attached hydrogen (secondary N) is 1. The van der Waals surface area contributed by atoms with Crippen molar-refractivity contribution < 1.29 is 17.9 Å². The number of nitrogens with zero attached hydrogens (tertiary/aromatic N) is 1. The molecule has 0 aliphatic carbocycles. The largest absolute Gasteiger partial charge is 0.497 e. The summed E-state index contributed by atoms with van der Waals surface area (Å²) in [5, 5.41) is 2.84. The molecule has 1 fully saturated rings. The molecule has 2 aromatic carbocycles. The van der Waals surface area contributed by atoms with E-state index in [0.29, 0.717) is 24.4 Å². The Morgan fingerprint density at radius 2 is 1.81 bits per heavy atom. The molecular formula is C20H24N2O4S. The number of methoxy groups -OCH3 is 1. The highest BCUT2D eigenvalue weighted by molar-refractivity contribution is 7.89. The molecule has 1 saturated heterocycles. The quantitative estimate of drug-likeness (QED) is 0.824. The van der Waals surface area contributed by atoms with Gasteiger partial charge in [0.2, 0.25) is 15.9 Å². The molecule has 0 aromatic heterocycles. The van der Waals surface area contributed by atoms with Gasteiger partial charge in [0.25, 0.3) is 0 Å². The lowest BCUT2D eigenvalue weighted by Gasteiger charge is -2.34. The van der Waals surface area contributed by atoms with Crippen molar-refractivity contribution >= 4 is 21.6 Å². The number of piperidine rings is 1. The summed E-state index contributed by atoms with van der Waals surface area (Å²) in [5.41, 5.74) is 0.711. The van der Waals surface area contributed by atoms with E-state index in [1.807, 2.05) is 30.3 Å². The van der Waals surface area contributed by atoms with Crippen LogP contribution in [0.2, 0.25) is 0 Å². The van der Waals surface area contributed by atoms with Crippen LogP contribution in [-0.2, 0) is 14.8 Å². The van der Waals surface area contributed by atoms with Gasteiger partial charge in [0.1, 0.15) is 5.75 Å². The first-order valence-electron chi connectivity index (χ1n) is 9.01. The number of hydrogen-bond donors (Lipinski definition) is 1. The van der Waals surface area contributed by atoms with Crippen molar-refractivity contribution in [2.75, 3.05) is 19.0 Å². The van der Waals surface area contributed by atoms with E-state index in [0.717, 1.165) is 12.8 Å². The molecule has 1 aliphatic heterocycles. The molecule has 1 aliphatic rings. The summed E-state index contributed by atoms with van der Waals surface area (Å²) >= 11 is 0. The Bertz CT molecular complexity index is 867. The topological polar surface area (TPSA) is 75.7 Å². The first-order valence-corrected chi connectivity index (χ1v) is 10.5. The molecule has 0 radical (unpaired) electrons. The molecule has 1 N–H and O–H groups in total. The summed E-state index contributed by atoms with van der Waals surface area (Å²) in [4.78, 5) is 12.6. The molecule has 3 rings (SSSR count). The van der Waals surface area contributed by atoms with E-state index in [1.165, 1.54) is 11.4 Å². The number of ether oxygens (including phenoxy) is 1. The summed E-state index contributed by atoms with van der Waals surface area (Å²) < 4.78 is 32.8. The summed E-state index contributed by atoms with van der Waals surface area (Å²) in [6, 6.07) is 15.2. The lowest BCUT2D eigenvalue weighted by molar-refractivity contribution is -0.117. The van der Waals surface area contributed by atoms with E-state index < -0.39 is 10.0 Å². The molecule has 0 saturated carbocycles. The maximum Gasteiger partial charge on any atom is 0.243 e. The van der Waals surface area contributed by atoms with Gasteiger partial charge in [0.05, 0.1) is 12.0 Å². The SMILES string of the molecule is COc1ccc(S(=O)(=O)N2CCCCC2CC(=O)Nc2ccccc2)cc1. The molecule has 0 bridgehead atoms. The highest BCUT2D eigenvalue weighted by atomic mass is 32.2. The molecule has 144 valence electrons. The van der Waals surface area contributed by atoms with Gasteiger partial charge in [-0.2, -0.15) is 4.31 Å². The average molecular weight is 388 g/mol. The Labute approximate surface area is 160 Å². The Balaban J connectivity index is 1.74. The van der Waals surface area contributed by atoms with Gasteiger partial charge in [-0.1, -0.05) is 24.6 Å². The molecule has 0 spiro atoms. The van der Waals surface area contributed by atoms with Crippen LogP contribution < -0.4 is 10.1 Å². The maximum absolute atomic E-state index is 13.1. The minimum atomic E-state index is -3.66. The number of amides is 1. The zero-order chi connectivity index (χ0) is 19.3. The Morgan fingerprint density at radius 3 is 2.48 bits per heavy atom. The van der Waals surface area contributed by atoms with Crippen molar-refractivity contribution in [2.45, 2.75) is 36.6 Å². The van der Waals surface area contributed by atoms with Crippen molar-refractivity contribution in [3.8, 4) is 5.75 Å². The molecule has 1 amide bonds. The fraction of sp³-hybridized carbons (Fsp3) is 0.350. The molecule has 1 heterocycles. The van der Waals surface area contributed by atoms with Crippen LogP contribution in [0.15, 0.2) is 59.5 Å². The van der Waals surface area contributed by atoms with E-state index in [9.17, 15) is 13.2 Å². The van der Waals surface area contributed by atoms with Crippen molar-refractivity contribution in [2.24, 2.45) is 0 Å². The number of benzene rings is 2. The lowest BCUT2D eigenvalue weighted by atomic mass is 10.0. The number of carbonyl (C=O) groups is 1. The van der Waals surface area contributed by atoms with Gasteiger partial charge >= 0.3 is 0 Å². The lowest BCUT2D eigenvalue weighted by Crippen LogP contribution is -2.45. The van der Waals surface area contributed by atoms with Gasteiger partial charge in [0.15, 0.2) is 0 Å². The summed E-state index contributed by atoms with van der Waals surface area (Å²) in [6.45, 7) is 0.428. The van der Waals surface area contributed by atoms with E-state index in [4.69, 9.17) is 4.74 Å². The van der Waals surface area contributed by atoms with Crippen molar-refractivity contribution in [3.63, 3.8) is 0 Å². The zero-order valence-corrected chi connectivity index (χ0v) is 16.1. The predicted octanol–water partition coefficient (Wildman–Crippen LogP) is 3.27. The standard InChI is InChI=1S/C20H24N2O4S/c1-26-18-10-12-19(13-11-18)27(24,25)22-14-6-5-9-17(22)15-20(23)21-16-7-3-2-4-8-16/h2-4,7-8,10-13,17H,5-6,9,14-15H2,1H3,(H,21,23). The maximum atomic E-state index is 13.1. The monoisotopic (exact) mass is 388 g/mol. The second-order valence-corrected chi connectivity index (χ2v) is 8.45. The molecule has 1 unspecified atom stereocenters. The van der Waals surface area contributed by atoms with Gasteiger partial charge in [-0.25, -0.2) is 8.42 Å². The highest BCUT2D eigenvalue weighted by Crippen LogP contribution is 2.28. The Morgan fingerprint density at radius 1 is 1.11 bits per heavy atom. The molecule has 2 aromatic rings. The summed E-state index contributed by atoms with van der Waals surface area (Å²) in [6.07, 6.45) is 2.53. The minimum Gasteiger partial charge on any atom is -0.497 e. The van der Waals surface area contributed by atoms with Crippen LogP contribution in [0.3, 0.4) is 0 Å². The van der Waals surface area contributed by atoms with Crippen LogP contribution in [0.4, 0.5) is 5.69 Å². The molecule has 27 heavy (non-hydrogen) atoms. The smallest absolute Gasteiger partial charge is 0.243 e. The van der Waals surface area contributed by atoms with Crippen LogP contribution in [0.5, 0.6) is 5.75 Å². The number of sulfonamides is 1. The number of anilines is 1. The predicted molar refractivity (Wildman–Crippen MR) is 104 cm³/mol. The fourth-order valence-corrected chi connectivity index (χ4v) is 5.02. The number of rotatable bonds is 6. The second-order valence-electron chi connectivity index (χ2n) is 6.56. The number of hydrogen-bond acceptors (Lipinski definition) is 4. The molecular weight excluding hydrogens is 364 g/mol. The van der Waals surface area contributed by atoms with Crippen molar-refractivity contribution in [1.82, 2.24) is 4.31 Å². The van der Waals surface area contributed by atoms with Gasteiger partial charge in [-0.3, -0.25) is 4.79 Å².